The average Bonchev–Trinajstić information content (AvgIpc) is 3.20. The molecular weight excluding hydrogens is 452 g/mol. The van der Waals surface area contributed by atoms with Crippen molar-refractivity contribution in [2.75, 3.05) is 40.8 Å². The zero-order chi connectivity index (χ0) is 25.9. The number of carbonyl (C=O) groups excluding carboxylic acids is 1. The average molecular weight is 493 g/mol. The van der Waals surface area contributed by atoms with Gasteiger partial charge in [-0.2, -0.15) is 5.10 Å². The number of carbonyl (C=O) groups is 1. The first kappa shape index (κ1) is 26.0. The Morgan fingerprint density at radius 2 is 1.81 bits per heavy atom. The molecule has 1 saturated heterocycles. The van der Waals surface area contributed by atoms with E-state index in [1.165, 1.54) is 11.1 Å². The molecule has 0 atom stereocenters. The van der Waals surface area contributed by atoms with Crippen molar-refractivity contribution >= 4 is 17.0 Å². The zero-order valence-corrected chi connectivity index (χ0v) is 22.6. The standard InChI is InChI=1S/C29H40N4O3/c1-29(2,3)36-28(34)32-17-13-21(14-18-32)27-25-12-11-23(22-9-7-10-24(19-22)35-6)20-26(25)30-33(27)16-8-15-31(4)5/h7,9-12,19-21H,8,13-18H2,1-6H3. The molecule has 194 valence electrons. The molecule has 2 heterocycles. The van der Waals surface area contributed by atoms with Crippen LogP contribution >= 0.6 is 0 Å². The first-order valence-electron chi connectivity index (χ1n) is 12.9. The second-order valence-electron chi connectivity index (χ2n) is 11.0. The smallest absolute Gasteiger partial charge is 0.410 e. The number of benzene rings is 2. The number of rotatable bonds is 7. The molecule has 7 nitrogen and oxygen atoms in total. The number of likely N-dealkylation sites (tertiary alicyclic amines) is 1. The Bertz CT molecular complexity index is 1190. The number of fused-ring (bicyclic) bond motifs is 1. The highest BCUT2D eigenvalue weighted by molar-refractivity contribution is 5.87. The van der Waals surface area contributed by atoms with Crippen LogP contribution in [0.25, 0.3) is 22.0 Å². The molecule has 0 aliphatic carbocycles. The van der Waals surface area contributed by atoms with Gasteiger partial charge in [0.25, 0.3) is 0 Å². The van der Waals surface area contributed by atoms with E-state index in [0.717, 1.165) is 54.7 Å². The van der Waals surface area contributed by atoms with E-state index in [-0.39, 0.29) is 6.09 Å². The van der Waals surface area contributed by atoms with Crippen LogP contribution in [0.3, 0.4) is 0 Å². The van der Waals surface area contributed by atoms with E-state index >= 15 is 0 Å². The molecule has 0 saturated carbocycles. The molecular formula is C29H40N4O3. The number of ether oxygens (including phenoxy) is 2. The fourth-order valence-corrected chi connectivity index (χ4v) is 4.94. The molecule has 1 fully saturated rings. The summed E-state index contributed by atoms with van der Waals surface area (Å²) in [5, 5.41) is 6.29. The van der Waals surface area contributed by atoms with Gasteiger partial charge in [0.2, 0.25) is 0 Å². The monoisotopic (exact) mass is 492 g/mol. The fraction of sp³-hybridized carbons (Fsp3) is 0.517. The molecule has 1 amide bonds. The number of hydrogen-bond donors (Lipinski definition) is 0. The maximum absolute atomic E-state index is 12.6. The number of piperidine rings is 1. The number of aryl methyl sites for hydroxylation is 1. The Morgan fingerprint density at radius 1 is 1.08 bits per heavy atom. The van der Waals surface area contributed by atoms with E-state index in [2.05, 4.69) is 54.0 Å². The van der Waals surface area contributed by atoms with Gasteiger partial charge in [-0.1, -0.05) is 24.3 Å². The third-order valence-corrected chi connectivity index (χ3v) is 6.69. The highest BCUT2D eigenvalue weighted by atomic mass is 16.6. The molecule has 3 aromatic rings. The number of amides is 1. The molecule has 0 bridgehead atoms. The normalized spacial score (nSPS) is 15.0. The maximum atomic E-state index is 12.6. The quantitative estimate of drug-likeness (QED) is 0.419. The van der Waals surface area contributed by atoms with E-state index in [9.17, 15) is 4.79 Å². The van der Waals surface area contributed by atoms with Crippen molar-refractivity contribution in [2.45, 2.75) is 58.1 Å². The number of aromatic nitrogens is 2. The van der Waals surface area contributed by atoms with Gasteiger partial charge in [0.1, 0.15) is 11.4 Å². The summed E-state index contributed by atoms with van der Waals surface area (Å²) < 4.78 is 13.2. The van der Waals surface area contributed by atoms with Gasteiger partial charge >= 0.3 is 6.09 Å². The molecule has 0 spiro atoms. The summed E-state index contributed by atoms with van der Waals surface area (Å²) in [7, 11) is 5.90. The largest absolute Gasteiger partial charge is 0.497 e. The summed E-state index contributed by atoms with van der Waals surface area (Å²) in [5.74, 6) is 1.20. The topological polar surface area (TPSA) is 59.8 Å². The van der Waals surface area contributed by atoms with Crippen LogP contribution < -0.4 is 4.74 Å². The summed E-state index contributed by atoms with van der Waals surface area (Å²) in [4.78, 5) is 16.6. The van der Waals surface area contributed by atoms with E-state index in [0.29, 0.717) is 19.0 Å². The minimum Gasteiger partial charge on any atom is -0.497 e. The van der Waals surface area contributed by atoms with Gasteiger partial charge in [0.05, 0.1) is 12.6 Å². The summed E-state index contributed by atoms with van der Waals surface area (Å²) in [5.41, 5.74) is 4.08. The minimum absolute atomic E-state index is 0.215. The van der Waals surface area contributed by atoms with Crippen molar-refractivity contribution in [1.29, 1.82) is 0 Å². The van der Waals surface area contributed by atoms with Gasteiger partial charge in [0.15, 0.2) is 0 Å². The van der Waals surface area contributed by atoms with Crippen LogP contribution in [0.15, 0.2) is 42.5 Å². The highest BCUT2D eigenvalue weighted by Crippen LogP contribution is 2.36. The summed E-state index contributed by atoms with van der Waals surface area (Å²) >= 11 is 0. The zero-order valence-electron chi connectivity index (χ0n) is 22.6. The Hall–Kier alpha value is -3.06. The van der Waals surface area contributed by atoms with Gasteiger partial charge in [-0.25, -0.2) is 4.79 Å². The highest BCUT2D eigenvalue weighted by Gasteiger charge is 2.30. The Balaban J connectivity index is 1.61. The number of methoxy groups -OCH3 is 1. The molecule has 0 unspecified atom stereocenters. The fourth-order valence-electron chi connectivity index (χ4n) is 4.94. The number of nitrogens with zero attached hydrogens (tertiary/aromatic N) is 4. The first-order chi connectivity index (χ1) is 17.1. The Kier molecular flexibility index (Phi) is 7.88. The van der Waals surface area contributed by atoms with Gasteiger partial charge in [0, 0.05) is 36.6 Å². The molecule has 2 aromatic carbocycles. The molecule has 1 aliphatic heterocycles. The van der Waals surface area contributed by atoms with E-state index < -0.39 is 5.60 Å². The van der Waals surface area contributed by atoms with E-state index in [4.69, 9.17) is 14.6 Å². The maximum Gasteiger partial charge on any atom is 0.410 e. The van der Waals surface area contributed by atoms with Crippen LogP contribution in [0.1, 0.15) is 51.6 Å². The molecule has 7 heteroatoms. The van der Waals surface area contributed by atoms with Crippen molar-refractivity contribution in [1.82, 2.24) is 19.6 Å². The van der Waals surface area contributed by atoms with Crippen molar-refractivity contribution in [3.8, 4) is 16.9 Å². The summed E-state index contributed by atoms with van der Waals surface area (Å²) in [6.07, 6.45) is 2.64. The SMILES string of the molecule is COc1cccc(-c2ccc3c(C4CCN(C(=O)OC(C)(C)C)CC4)n(CCCN(C)C)nc3c2)c1. The van der Waals surface area contributed by atoms with Gasteiger partial charge < -0.3 is 19.3 Å². The lowest BCUT2D eigenvalue weighted by molar-refractivity contribution is 0.0203. The molecule has 36 heavy (non-hydrogen) atoms. The van der Waals surface area contributed by atoms with Gasteiger partial charge in [-0.15, -0.1) is 0 Å². The number of hydrogen-bond acceptors (Lipinski definition) is 5. The molecule has 1 aromatic heterocycles. The third kappa shape index (κ3) is 6.19. The van der Waals surface area contributed by atoms with Crippen molar-refractivity contribution in [2.24, 2.45) is 0 Å². The summed E-state index contributed by atoms with van der Waals surface area (Å²) in [6.45, 7) is 9.03. The van der Waals surface area contributed by atoms with Crippen molar-refractivity contribution in [3.63, 3.8) is 0 Å². The molecule has 1 aliphatic rings. The lowest BCUT2D eigenvalue weighted by Crippen LogP contribution is -2.41. The Morgan fingerprint density at radius 3 is 2.47 bits per heavy atom. The van der Waals surface area contributed by atoms with Crippen molar-refractivity contribution in [3.05, 3.63) is 48.2 Å². The minimum atomic E-state index is -0.477. The Labute approximate surface area is 215 Å². The third-order valence-electron chi connectivity index (χ3n) is 6.69. The van der Waals surface area contributed by atoms with Crippen LogP contribution in [0, 0.1) is 0 Å². The lowest BCUT2D eigenvalue weighted by Gasteiger charge is -2.33. The van der Waals surface area contributed by atoms with Crippen LogP contribution in [0.2, 0.25) is 0 Å². The van der Waals surface area contributed by atoms with Crippen molar-refractivity contribution < 1.29 is 14.3 Å². The van der Waals surface area contributed by atoms with E-state index in [1.54, 1.807) is 7.11 Å². The lowest BCUT2D eigenvalue weighted by atomic mass is 9.91. The van der Waals surface area contributed by atoms with Crippen LogP contribution in [0.4, 0.5) is 4.79 Å². The molecule has 0 radical (unpaired) electrons. The van der Waals surface area contributed by atoms with Crippen LogP contribution in [-0.4, -0.2) is 72.1 Å². The predicted octanol–water partition coefficient (Wildman–Crippen LogP) is 5.78. The molecule has 0 N–H and O–H groups in total. The first-order valence-corrected chi connectivity index (χ1v) is 12.9. The second-order valence-corrected chi connectivity index (χ2v) is 11.0. The summed E-state index contributed by atoms with van der Waals surface area (Å²) in [6, 6.07) is 14.7. The van der Waals surface area contributed by atoms with E-state index in [1.807, 2.05) is 37.8 Å². The predicted molar refractivity (Wildman–Crippen MR) is 145 cm³/mol. The van der Waals surface area contributed by atoms with Crippen LogP contribution in [-0.2, 0) is 11.3 Å². The molecule has 4 rings (SSSR count). The van der Waals surface area contributed by atoms with Gasteiger partial charge in [-0.3, -0.25) is 4.68 Å². The van der Waals surface area contributed by atoms with Gasteiger partial charge in [-0.05, 0) is 90.0 Å². The van der Waals surface area contributed by atoms with Crippen LogP contribution in [0.5, 0.6) is 5.75 Å². The second kappa shape index (κ2) is 10.9.